The van der Waals surface area contributed by atoms with Crippen LogP contribution < -0.4 is 4.74 Å². The van der Waals surface area contributed by atoms with Crippen molar-refractivity contribution >= 4 is 27.4 Å². The minimum Gasteiger partial charge on any atom is -0.495 e. The summed E-state index contributed by atoms with van der Waals surface area (Å²) in [6.07, 6.45) is 0. The third-order valence-corrected chi connectivity index (χ3v) is 2.46. The van der Waals surface area contributed by atoms with Crippen molar-refractivity contribution in [2.45, 2.75) is 6.92 Å². The van der Waals surface area contributed by atoms with Crippen LogP contribution in [0.5, 0.6) is 5.75 Å². The van der Waals surface area contributed by atoms with E-state index in [1.165, 1.54) is 26.2 Å². The van der Waals surface area contributed by atoms with E-state index in [4.69, 9.17) is 4.74 Å². The first-order chi connectivity index (χ1) is 6.99. The van der Waals surface area contributed by atoms with Crippen LogP contribution >= 0.6 is 15.9 Å². The second kappa shape index (κ2) is 4.39. The Balaban J connectivity index is 3.56. The topological polar surface area (TPSA) is 69.4 Å². The molecule has 6 heteroatoms. The minimum atomic E-state index is -0.605. The van der Waals surface area contributed by atoms with E-state index in [9.17, 15) is 14.9 Å². The molecule has 0 radical (unpaired) electrons. The summed E-state index contributed by atoms with van der Waals surface area (Å²) >= 11 is 3.16. The monoisotopic (exact) mass is 273 g/mol. The molecule has 0 heterocycles. The molecule has 0 atom stereocenters. The first-order valence-electron chi connectivity index (χ1n) is 4.00. The Hall–Kier alpha value is -1.43. The predicted octanol–water partition coefficient (Wildman–Crippen LogP) is 2.57. The Morgan fingerprint density at radius 2 is 2.13 bits per heavy atom. The molecular weight excluding hydrogens is 266 g/mol. The highest BCUT2D eigenvalue weighted by Crippen LogP contribution is 2.35. The van der Waals surface area contributed by atoms with Crippen LogP contribution in [0.3, 0.4) is 0 Å². The third-order valence-electron chi connectivity index (χ3n) is 1.84. The van der Waals surface area contributed by atoms with Gasteiger partial charge in [0, 0.05) is 6.07 Å². The minimum absolute atomic E-state index is 0.0168. The zero-order chi connectivity index (χ0) is 11.6. The number of carbonyl (C=O) groups excluding carboxylic acids is 1. The maximum atomic E-state index is 11.3. The number of halogens is 1. The number of ether oxygens (including phenoxy) is 1. The molecule has 0 aromatic heterocycles. The molecule has 0 unspecified atom stereocenters. The summed E-state index contributed by atoms with van der Waals surface area (Å²) in [6, 6.07) is 2.74. The first kappa shape index (κ1) is 11.6. The van der Waals surface area contributed by atoms with Gasteiger partial charge in [-0.15, -0.1) is 0 Å². The number of nitro benzene ring substituents is 1. The SMILES string of the molecule is COc1c(Br)ccc([N+](=O)[O-])c1C(C)=O. The predicted molar refractivity (Wildman–Crippen MR) is 57.4 cm³/mol. The number of ketones is 1. The van der Waals surface area contributed by atoms with Gasteiger partial charge in [-0.3, -0.25) is 14.9 Å². The molecule has 0 aliphatic heterocycles. The number of hydrogen-bond acceptors (Lipinski definition) is 4. The lowest BCUT2D eigenvalue weighted by Crippen LogP contribution is -2.03. The fourth-order valence-corrected chi connectivity index (χ4v) is 1.73. The Bertz CT molecular complexity index is 430. The molecule has 0 bridgehead atoms. The van der Waals surface area contributed by atoms with Gasteiger partial charge in [0.05, 0.1) is 16.5 Å². The Morgan fingerprint density at radius 3 is 2.53 bits per heavy atom. The molecule has 5 nitrogen and oxygen atoms in total. The summed E-state index contributed by atoms with van der Waals surface area (Å²) in [6.45, 7) is 1.26. The number of nitro groups is 1. The molecule has 0 saturated heterocycles. The summed E-state index contributed by atoms with van der Waals surface area (Å²) in [5.74, 6) is -0.212. The van der Waals surface area contributed by atoms with Gasteiger partial charge in [0.15, 0.2) is 11.5 Å². The average molecular weight is 274 g/mol. The van der Waals surface area contributed by atoms with Crippen molar-refractivity contribution in [2.75, 3.05) is 7.11 Å². The number of hydrogen-bond donors (Lipinski definition) is 0. The van der Waals surface area contributed by atoms with Crippen LogP contribution in [-0.4, -0.2) is 17.8 Å². The summed E-state index contributed by atoms with van der Waals surface area (Å²) in [7, 11) is 1.36. The van der Waals surface area contributed by atoms with Gasteiger partial charge < -0.3 is 4.74 Å². The highest BCUT2D eigenvalue weighted by atomic mass is 79.9. The molecule has 0 fully saturated rings. The van der Waals surface area contributed by atoms with Crippen LogP contribution in [0.25, 0.3) is 0 Å². The zero-order valence-electron chi connectivity index (χ0n) is 8.11. The lowest BCUT2D eigenvalue weighted by atomic mass is 10.1. The van der Waals surface area contributed by atoms with E-state index in [0.717, 1.165) is 0 Å². The molecule has 0 spiro atoms. The van der Waals surface area contributed by atoms with E-state index in [1.807, 2.05) is 0 Å². The highest BCUT2D eigenvalue weighted by molar-refractivity contribution is 9.10. The molecule has 0 N–H and O–H groups in total. The van der Waals surface area contributed by atoms with Crippen molar-refractivity contribution in [1.82, 2.24) is 0 Å². The standard InChI is InChI=1S/C9H8BrNO4/c1-5(12)8-7(11(13)14)4-3-6(10)9(8)15-2/h3-4H,1-2H3. The lowest BCUT2D eigenvalue weighted by molar-refractivity contribution is -0.385. The third kappa shape index (κ3) is 2.15. The normalized spacial score (nSPS) is 9.80. The summed E-state index contributed by atoms with van der Waals surface area (Å²) in [4.78, 5) is 21.4. The van der Waals surface area contributed by atoms with Crippen molar-refractivity contribution in [1.29, 1.82) is 0 Å². The Kier molecular flexibility index (Phi) is 3.41. The van der Waals surface area contributed by atoms with Gasteiger partial charge in [-0.1, -0.05) is 0 Å². The molecule has 1 aromatic carbocycles. The summed E-state index contributed by atoms with van der Waals surface area (Å²) in [5.41, 5.74) is -0.264. The Morgan fingerprint density at radius 1 is 1.53 bits per heavy atom. The van der Waals surface area contributed by atoms with E-state index in [1.54, 1.807) is 0 Å². The van der Waals surface area contributed by atoms with E-state index in [2.05, 4.69) is 15.9 Å². The van der Waals surface area contributed by atoms with Crippen molar-refractivity contribution < 1.29 is 14.5 Å². The molecule has 0 aliphatic rings. The zero-order valence-corrected chi connectivity index (χ0v) is 9.70. The number of carbonyl (C=O) groups is 1. The van der Waals surface area contributed by atoms with Crippen LogP contribution in [0.15, 0.2) is 16.6 Å². The number of nitrogens with zero attached hydrogens (tertiary/aromatic N) is 1. The second-order valence-electron chi connectivity index (χ2n) is 2.79. The van der Waals surface area contributed by atoms with Gasteiger partial charge in [0.2, 0.25) is 0 Å². The van der Waals surface area contributed by atoms with E-state index >= 15 is 0 Å². The molecule has 0 amide bonds. The average Bonchev–Trinajstić information content (AvgIpc) is 2.16. The van der Waals surface area contributed by atoms with Crippen LogP contribution in [0.2, 0.25) is 0 Å². The smallest absolute Gasteiger partial charge is 0.284 e. The number of Topliss-reactive ketones (excluding diaryl/α,β-unsaturated/α-hetero) is 1. The molecule has 0 saturated carbocycles. The molecule has 80 valence electrons. The van der Waals surface area contributed by atoms with E-state index in [0.29, 0.717) is 4.47 Å². The van der Waals surface area contributed by atoms with Gasteiger partial charge in [-0.2, -0.15) is 0 Å². The second-order valence-corrected chi connectivity index (χ2v) is 3.64. The van der Waals surface area contributed by atoms with E-state index < -0.39 is 10.7 Å². The first-order valence-corrected chi connectivity index (χ1v) is 4.80. The summed E-state index contributed by atoms with van der Waals surface area (Å²) < 4.78 is 5.47. The van der Waals surface area contributed by atoms with Gasteiger partial charge in [0.25, 0.3) is 5.69 Å². The highest BCUT2D eigenvalue weighted by Gasteiger charge is 2.24. The summed E-state index contributed by atoms with van der Waals surface area (Å²) in [5, 5.41) is 10.7. The molecule has 15 heavy (non-hydrogen) atoms. The Labute approximate surface area is 94.3 Å². The molecule has 0 aliphatic carbocycles. The van der Waals surface area contributed by atoms with Crippen LogP contribution in [0, 0.1) is 10.1 Å². The fraction of sp³-hybridized carbons (Fsp3) is 0.222. The molecule has 1 rings (SSSR count). The van der Waals surface area contributed by atoms with Crippen molar-refractivity contribution in [2.24, 2.45) is 0 Å². The van der Waals surface area contributed by atoms with Crippen LogP contribution in [-0.2, 0) is 0 Å². The lowest BCUT2D eigenvalue weighted by Gasteiger charge is -2.07. The quantitative estimate of drug-likeness (QED) is 0.482. The van der Waals surface area contributed by atoms with Crippen molar-refractivity contribution in [3.63, 3.8) is 0 Å². The fourth-order valence-electron chi connectivity index (χ4n) is 1.24. The number of benzene rings is 1. The van der Waals surface area contributed by atoms with E-state index in [-0.39, 0.29) is 17.0 Å². The number of rotatable bonds is 3. The molecular formula is C9H8BrNO4. The van der Waals surface area contributed by atoms with Gasteiger partial charge >= 0.3 is 0 Å². The van der Waals surface area contributed by atoms with Gasteiger partial charge in [-0.05, 0) is 28.9 Å². The van der Waals surface area contributed by atoms with Crippen LogP contribution in [0.1, 0.15) is 17.3 Å². The van der Waals surface area contributed by atoms with Gasteiger partial charge in [-0.25, -0.2) is 0 Å². The maximum absolute atomic E-state index is 11.3. The largest absolute Gasteiger partial charge is 0.495 e. The van der Waals surface area contributed by atoms with Crippen molar-refractivity contribution in [3.8, 4) is 5.75 Å². The van der Waals surface area contributed by atoms with Gasteiger partial charge in [0.1, 0.15) is 5.56 Å². The maximum Gasteiger partial charge on any atom is 0.284 e. The molecule has 1 aromatic rings. The van der Waals surface area contributed by atoms with Crippen molar-refractivity contribution in [3.05, 3.63) is 32.3 Å². The number of methoxy groups -OCH3 is 1. The van der Waals surface area contributed by atoms with Crippen LogP contribution in [0.4, 0.5) is 5.69 Å².